The van der Waals surface area contributed by atoms with Crippen molar-refractivity contribution >= 4 is 28.6 Å². The highest BCUT2D eigenvalue weighted by Crippen LogP contribution is 2.28. The standard InChI is InChI=1S/C17H14F2N2OS2/c1-10(13-7-11(18)4-5-14(13)19)20-16(22)8-12-9-24-17(21-12)15-3-2-6-23-15/h2-7,9-10H,8H2,1H3,(H,20,22). The predicted molar refractivity (Wildman–Crippen MR) is 92.0 cm³/mol. The molecule has 124 valence electrons. The number of hydrogen-bond donors (Lipinski definition) is 1. The third kappa shape index (κ3) is 3.85. The average Bonchev–Trinajstić information content (AvgIpc) is 3.20. The number of nitrogens with zero attached hydrogens (tertiary/aromatic N) is 1. The molecular formula is C17H14F2N2OS2. The lowest BCUT2D eigenvalue weighted by Gasteiger charge is -2.14. The molecule has 0 aliphatic rings. The number of halogens is 2. The summed E-state index contributed by atoms with van der Waals surface area (Å²) in [4.78, 5) is 17.6. The van der Waals surface area contributed by atoms with E-state index in [1.54, 1.807) is 18.3 Å². The summed E-state index contributed by atoms with van der Waals surface area (Å²) in [6.07, 6.45) is 0.100. The minimum Gasteiger partial charge on any atom is -0.349 e. The summed E-state index contributed by atoms with van der Waals surface area (Å²) in [7, 11) is 0. The fourth-order valence-electron chi connectivity index (χ4n) is 2.28. The Bertz CT molecular complexity index is 846. The topological polar surface area (TPSA) is 42.0 Å². The van der Waals surface area contributed by atoms with E-state index in [4.69, 9.17) is 0 Å². The quantitative estimate of drug-likeness (QED) is 0.721. The van der Waals surface area contributed by atoms with Crippen molar-refractivity contribution < 1.29 is 13.6 Å². The highest BCUT2D eigenvalue weighted by atomic mass is 32.1. The van der Waals surface area contributed by atoms with E-state index in [-0.39, 0.29) is 17.9 Å². The van der Waals surface area contributed by atoms with E-state index in [9.17, 15) is 13.6 Å². The summed E-state index contributed by atoms with van der Waals surface area (Å²) in [6, 6.07) is 6.50. The van der Waals surface area contributed by atoms with Crippen molar-refractivity contribution in [2.45, 2.75) is 19.4 Å². The van der Waals surface area contributed by atoms with E-state index in [0.717, 1.165) is 28.1 Å². The van der Waals surface area contributed by atoms with Gasteiger partial charge in [0, 0.05) is 10.9 Å². The number of nitrogens with one attached hydrogen (secondary N) is 1. The number of thiophene rings is 1. The Morgan fingerprint density at radius 2 is 2.12 bits per heavy atom. The lowest BCUT2D eigenvalue weighted by molar-refractivity contribution is -0.121. The summed E-state index contributed by atoms with van der Waals surface area (Å²) in [6.45, 7) is 1.62. The van der Waals surface area contributed by atoms with Gasteiger partial charge in [-0.1, -0.05) is 6.07 Å². The smallest absolute Gasteiger partial charge is 0.226 e. The van der Waals surface area contributed by atoms with Gasteiger partial charge in [-0.2, -0.15) is 0 Å². The number of carbonyl (C=O) groups is 1. The zero-order valence-electron chi connectivity index (χ0n) is 12.8. The first-order valence-corrected chi connectivity index (χ1v) is 9.01. The molecule has 1 unspecified atom stereocenters. The number of carbonyl (C=O) groups excluding carboxylic acids is 1. The van der Waals surface area contributed by atoms with Crippen LogP contribution in [-0.2, 0) is 11.2 Å². The van der Waals surface area contributed by atoms with Crippen molar-refractivity contribution in [3.63, 3.8) is 0 Å². The van der Waals surface area contributed by atoms with Crippen molar-refractivity contribution in [3.8, 4) is 9.88 Å². The van der Waals surface area contributed by atoms with Crippen molar-refractivity contribution in [1.29, 1.82) is 0 Å². The monoisotopic (exact) mass is 364 g/mol. The average molecular weight is 364 g/mol. The summed E-state index contributed by atoms with van der Waals surface area (Å²) in [5.41, 5.74) is 0.786. The molecule has 2 heterocycles. The molecule has 0 spiro atoms. The van der Waals surface area contributed by atoms with Crippen LogP contribution in [0.2, 0.25) is 0 Å². The maximum absolute atomic E-state index is 13.7. The Morgan fingerprint density at radius 3 is 2.88 bits per heavy atom. The number of amides is 1. The van der Waals surface area contributed by atoms with Crippen LogP contribution in [0.25, 0.3) is 9.88 Å². The number of thiazole rings is 1. The molecule has 0 saturated carbocycles. The van der Waals surface area contributed by atoms with E-state index in [2.05, 4.69) is 10.3 Å². The molecule has 7 heteroatoms. The van der Waals surface area contributed by atoms with E-state index < -0.39 is 17.7 Å². The molecule has 0 bridgehead atoms. The fourth-order valence-corrected chi connectivity index (χ4v) is 3.92. The maximum Gasteiger partial charge on any atom is 0.226 e. The molecule has 1 amide bonds. The second kappa shape index (κ2) is 7.19. The molecule has 0 saturated heterocycles. The summed E-state index contributed by atoms with van der Waals surface area (Å²) < 4.78 is 27.0. The van der Waals surface area contributed by atoms with Gasteiger partial charge in [0.05, 0.1) is 23.0 Å². The van der Waals surface area contributed by atoms with Crippen LogP contribution in [0.3, 0.4) is 0 Å². The molecule has 0 fully saturated rings. The number of hydrogen-bond acceptors (Lipinski definition) is 4. The van der Waals surface area contributed by atoms with Gasteiger partial charge in [0.25, 0.3) is 0 Å². The van der Waals surface area contributed by atoms with Crippen LogP contribution in [0.1, 0.15) is 24.2 Å². The first-order valence-electron chi connectivity index (χ1n) is 7.25. The second-order valence-corrected chi connectivity index (χ2v) is 7.06. The Labute approximate surface area is 146 Å². The normalized spacial score (nSPS) is 12.1. The van der Waals surface area contributed by atoms with Crippen LogP contribution in [0, 0.1) is 11.6 Å². The van der Waals surface area contributed by atoms with Crippen LogP contribution >= 0.6 is 22.7 Å². The third-order valence-corrected chi connectivity index (χ3v) is 5.36. The van der Waals surface area contributed by atoms with Gasteiger partial charge < -0.3 is 5.32 Å². The molecular weight excluding hydrogens is 350 g/mol. The second-order valence-electron chi connectivity index (χ2n) is 5.25. The van der Waals surface area contributed by atoms with Gasteiger partial charge in [-0.15, -0.1) is 22.7 Å². The summed E-state index contributed by atoms with van der Waals surface area (Å²) in [5, 5.41) is 7.36. The number of rotatable bonds is 5. The molecule has 1 aromatic carbocycles. The lowest BCUT2D eigenvalue weighted by Crippen LogP contribution is -2.28. The van der Waals surface area contributed by atoms with E-state index >= 15 is 0 Å². The first kappa shape index (κ1) is 16.7. The Balaban J connectivity index is 1.64. The molecule has 0 aliphatic heterocycles. The highest BCUT2D eigenvalue weighted by Gasteiger charge is 2.16. The van der Waals surface area contributed by atoms with Gasteiger partial charge in [0.2, 0.25) is 5.91 Å². The van der Waals surface area contributed by atoms with E-state index in [0.29, 0.717) is 5.69 Å². The Morgan fingerprint density at radius 1 is 1.29 bits per heavy atom. The SMILES string of the molecule is CC(NC(=O)Cc1csc(-c2cccs2)n1)c1cc(F)ccc1F. The molecule has 3 nitrogen and oxygen atoms in total. The van der Waals surface area contributed by atoms with E-state index in [1.807, 2.05) is 22.9 Å². The van der Waals surface area contributed by atoms with Gasteiger partial charge >= 0.3 is 0 Å². The predicted octanol–water partition coefficient (Wildman–Crippen LogP) is 4.57. The molecule has 0 radical (unpaired) electrons. The van der Waals surface area contributed by atoms with Crippen molar-refractivity contribution in [1.82, 2.24) is 10.3 Å². The molecule has 3 aromatic rings. The third-order valence-electron chi connectivity index (χ3n) is 3.43. The lowest BCUT2D eigenvalue weighted by atomic mass is 10.1. The van der Waals surface area contributed by atoms with Crippen LogP contribution in [0.15, 0.2) is 41.1 Å². The summed E-state index contributed by atoms with van der Waals surface area (Å²) >= 11 is 3.07. The van der Waals surface area contributed by atoms with Gasteiger partial charge in [-0.25, -0.2) is 13.8 Å². The van der Waals surface area contributed by atoms with Gasteiger partial charge in [-0.3, -0.25) is 4.79 Å². The minimum absolute atomic E-state index is 0.100. The van der Waals surface area contributed by atoms with Crippen LogP contribution in [-0.4, -0.2) is 10.9 Å². The van der Waals surface area contributed by atoms with Crippen molar-refractivity contribution in [2.24, 2.45) is 0 Å². The highest BCUT2D eigenvalue weighted by molar-refractivity contribution is 7.20. The zero-order chi connectivity index (χ0) is 17.1. The number of aromatic nitrogens is 1. The minimum atomic E-state index is -0.622. The fraction of sp³-hybridized carbons (Fsp3) is 0.176. The molecule has 1 N–H and O–H groups in total. The molecule has 2 aromatic heterocycles. The van der Waals surface area contributed by atoms with Gasteiger partial charge in [0.15, 0.2) is 0 Å². The van der Waals surface area contributed by atoms with Crippen LogP contribution in [0.5, 0.6) is 0 Å². The molecule has 3 rings (SSSR count). The van der Waals surface area contributed by atoms with Crippen LogP contribution < -0.4 is 5.32 Å². The molecule has 1 atom stereocenters. The summed E-state index contributed by atoms with van der Waals surface area (Å²) in [5.74, 6) is -1.36. The van der Waals surface area contributed by atoms with Crippen molar-refractivity contribution in [2.75, 3.05) is 0 Å². The molecule has 24 heavy (non-hydrogen) atoms. The molecule has 0 aliphatic carbocycles. The van der Waals surface area contributed by atoms with E-state index in [1.165, 1.54) is 11.3 Å². The largest absolute Gasteiger partial charge is 0.349 e. The van der Waals surface area contributed by atoms with Gasteiger partial charge in [0.1, 0.15) is 16.6 Å². The van der Waals surface area contributed by atoms with Gasteiger partial charge in [-0.05, 0) is 36.6 Å². The zero-order valence-corrected chi connectivity index (χ0v) is 14.4. The first-order chi connectivity index (χ1) is 11.5. The van der Waals surface area contributed by atoms with Crippen molar-refractivity contribution in [3.05, 3.63) is 64.0 Å². The van der Waals surface area contributed by atoms with Crippen LogP contribution in [0.4, 0.5) is 8.78 Å². The Kier molecular flexibility index (Phi) is 5.01. The number of benzene rings is 1. The maximum atomic E-state index is 13.7. The Hall–Kier alpha value is -2.12.